The molecule has 5 heteroatoms. The standard InChI is InChI=1S/C45H36N4O/c1-3-14-29(15-4-1)42-47-43(30-16-5-2-6-17-30)49-44(48-42)31-26-27-39(46-28-31)34-20-13-24-38-41(34)50-40-25-12-11-23-37(40)45(38)35-21-9-7-18-32(35)33-19-8-10-22-36(33)45/h1,3-5,7-22,24,26-28,37,40,44H,2,6,23,25H2,(H,47,48,49). The highest BCUT2D eigenvalue weighted by Crippen LogP contribution is 2.63. The third-order valence-corrected chi connectivity index (χ3v) is 11.1. The second-order valence-corrected chi connectivity index (χ2v) is 13.7. The Hall–Kier alpha value is -5.81. The third kappa shape index (κ3) is 4.42. The lowest BCUT2D eigenvalue weighted by molar-refractivity contribution is 0.0763. The number of para-hydroxylation sites is 1. The molecule has 242 valence electrons. The number of aromatic nitrogens is 1. The van der Waals surface area contributed by atoms with Crippen LogP contribution in [0.5, 0.6) is 5.75 Å². The van der Waals surface area contributed by atoms with Crippen LogP contribution in [-0.4, -0.2) is 22.8 Å². The molecule has 2 aliphatic heterocycles. The molecular weight excluding hydrogens is 613 g/mol. The molecule has 3 heterocycles. The molecule has 0 saturated heterocycles. The van der Waals surface area contributed by atoms with E-state index in [4.69, 9.17) is 19.7 Å². The molecule has 1 N–H and O–H groups in total. The van der Waals surface area contributed by atoms with Gasteiger partial charge in [0.05, 0.1) is 11.1 Å². The van der Waals surface area contributed by atoms with Crippen molar-refractivity contribution in [3.8, 4) is 28.1 Å². The van der Waals surface area contributed by atoms with Gasteiger partial charge in [-0.05, 0) is 53.6 Å². The predicted octanol–water partition coefficient (Wildman–Crippen LogP) is 9.51. The summed E-state index contributed by atoms with van der Waals surface area (Å²) < 4.78 is 7.08. The van der Waals surface area contributed by atoms with Crippen molar-refractivity contribution in [2.24, 2.45) is 15.9 Å². The molecule has 0 bridgehead atoms. The number of allylic oxidation sites excluding steroid dienone is 3. The van der Waals surface area contributed by atoms with Gasteiger partial charge in [-0.15, -0.1) is 0 Å². The summed E-state index contributed by atoms with van der Waals surface area (Å²) >= 11 is 0. The molecule has 10 rings (SSSR count). The number of pyridine rings is 1. The van der Waals surface area contributed by atoms with Crippen LogP contribution in [0, 0.1) is 5.92 Å². The zero-order chi connectivity index (χ0) is 33.1. The number of rotatable bonds is 4. The van der Waals surface area contributed by atoms with Crippen molar-refractivity contribution in [1.29, 1.82) is 0 Å². The molecule has 1 spiro atoms. The highest BCUT2D eigenvalue weighted by Gasteiger charge is 2.56. The number of aliphatic imine (C=N–C) groups is 2. The zero-order valence-electron chi connectivity index (χ0n) is 27.7. The minimum atomic E-state index is -0.319. The van der Waals surface area contributed by atoms with Crippen LogP contribution in [0.4, 0.5) is 0 Å². The molecule has 3 atom stereocenters. The summed E-state index contributed by atoms with van der Waals surface area (Å²) in [7, 11) is 0. The van der Waals surface area contributed by atoms with E-state index < -0.39 is 0 Å². The summed E-state index contributed by atoms with van der Waals surface area (Å²) in [4.78, 5) is 15.2. The number of ether oxygens (including phenoxy) is 1. The molecule has 5 aromatic rings. The number of nitrogens with zero attached hydrogens (tertiary/aromatic N) is 3. The number of nitrogens with one attached hydrogen (secondary N) is 1. The summed E-state index contributed by atoms with van der Waals surface area (Å²) in [6.07, 6.45) is 16.8. The van der Waals surface area contributed by atoms with Crippen LogP contribution in [-0.2, 0) is 5.41 Å². The Morgan fingerprint density at radius 1 is 0.680 bits per heavy atom. The highest BCUT2D eigenvalue weighted by atomic mass is 16.5. The monoisotopic (exact) mass is 648 g/mol. The molecular formula is C45H36N4O. The van der Waals surface area contributed by atoms with Gasteiger partial charge >= 0.3 is 0 Å². The summed E-state index contributed by atoms with van der Waals surface area (Å²) in [5.74, 6) is 2.79. The number of fused-ring (bicyclic) bond motifs is 9. The first-order valence-electron chi connectivity index (χ1n) is 17.8. The van der Waals surface area contributed by atoms with E-state index in [9.17, 15) is 0 Å². The average molecular weight is 649 g/mol. The molecule has 50 heavy (non-hydrogen) atoms. The van der Waals surface area contributed by atoms with Crippen LogP contribution in [0.15, 0.2) is 161 Å². The van der Waals surface area contributed by atoms with Crippen molar-refractivity contribution < 1.29 is 4.74 Å². The lowest BCUT2D eigenvalue weighted by Gasteiger charge is -2.49. The fourth-order valence-corrected chi connectivity index (χ4v) is 8.86. The van der Waals surface area contributed by atoms with Gasteiger partial charge in [0.15, 0.2) is 5.84 Å². The molecule has 4 aromatic carbocycles. The lowest BCUT2D eigenvalue weighted by atomic mass is 9.58. The summed E-state index contributed by atoms with van der Waals surface area (Å²) in [6, 6.07) is 39.2. The highest BCUT2D eigenvalue weighted by molar-refractivity contribution is 6.13. The van der Waals surface area contributed by atoms with Gasteiger partial charge in [-0.1, -0.05) is 127 Å². The maximum absolute atomic E-state index is 7.08. The molecule has 5 aliphatic rings. The molecule has 0 radical (unpaired) electrons. The molecule has 0 fully saturated rings. The number of benzene rings is 4. The van der Waals surface area contributed by atoms with Crippen LogP contribution in [0.25, 0.3) is 22.4 Å². The first kappa shape index (κ1) is 29.1. The SMILES string of the molecule is C1=CC(C2=NC(c3ccc(-c4cccc5c4OC4CC=CCC4C54c5ccccc5-c5ccccc54)nc3)NC(c3ccccc3)=N2)=CCC1. The van der Waals surface area contributed by atoms with E-state index in [2.05, 4.69) is 127 Å². The molecule has 1 aromatic heterocycles. The minimum absolute atomic E-state index is 0.0603. The van der Waals surface area contributed by atoms with Crippen LogP contribution < -0.4 is 10.1 Å². The van der Waals surface area contributed by atoms with Crippen molar-refractivity contribution in [2.45, 2.75) is 43.4 Å². The molecule has 3 aliphatic carbocycles. The predicted molar refractivity (Wildman–Crippen MR) is 200 cm³/mol. The molecule has 3 unspecified atom stereocenters. The zero-order valence-corrected chi connectivity index (χ0v) is 27.7. The van der Waals surface area contributed by atoms with Gasteiger partial charge in [-0.3, -0.25) is 4.98 Å². The fourth-order valence-electron chi connectivity index (χ4n) is 8.86. The molecule has 0 amide bonds. The summed E-state index contributed by atoms with van der Waals surface area (Å²) in [5, 5.41) is 3.59. The van der Waals surface area contributed by atoms with E-state index in [1.165, 1.54) is 27.8 Å². The second-order valence-electron chi connectivity index (χ2n) is 13.7. The Bertz CT molecular complexity index is 2250. The quantitative estimate of drug-likeness (QED) is 0.198. The van der Waals surface area contributed by atoms with Crippen LogP contribution in [0.1, 0.15) is 59.7 Å². The van der Waals surface area contributed by atoms with Gasteiger partial charge in [0, 0.05) is 46.4 Å². The van der Waals surface area contributed by atoms with Crippen molar-refractivity contribution in [3.63, 3.8) is 0 Å². The lowest BCUT2D eigenvalue weighted by Crippen LogP contribution is -2.49. The Balaban J connectivity index is 1.07. The first-order chi connectivity index (χ1) is 24.8. The topological polar surface area (TPSA) is 58.9 Å². The number of amidine groups is 2. The first-order valence-corrected chi connectivity index (χ1v) is 17.8. The van der Waals surface area contributed by atoms with Gasteiger partial charge in [0.25, 0.3) is 0 Å². The maximum Gasteiger partial charge on any atom is 0.159 e. The third-order valence-electron chi connectivity index (χ3n) is 11.1. The van der Waals surface area contributed by atoms with E-state index in [-0.39, 0.29) is 23.6 Å². The fraction of sp³-hybridized carbons (Fsp3) is 0.178. The van der Waals surface area contributed by atoms with Gasteiger partial charge in [-0.25, -0.2) is 9.98 Å². The van der Waals surface area contributed by atoms with E-state index >= 15 is 0 Å². The largest absolute Gasteiger partial charge is 0.489 e. The van der Waals surface area contributed by atoms with Crippen molar-refractivity contribution in [2.75, 3.05) is 0 Å². The van der Waals surface area contributed by atoms with E-state index in [0.717, 1.165) is 71.1 Å². The number of hydrogen-bond donors (Lipinski definition) is 1. The Kier molecular flexibility index (Phi) is 6.80. The molecule has 0 saturated carbocycles. The maximum atomic E-state index is 7.08. The Morgan fingerprint density at radius 2 is 1.42 bits per heavy atom. The Labute approximate surface area is 292 Å². The van der Waals surface area contributed by atoms with E-state index in [0.29, 0.717) is 0 Å². The number of hydrogen-bond acceptors (Lipinski definition) is 5. The molecule has 5 nitrogen and oxygen atoms in total. The second kappa shape index (κ2) is 11.7. The smallest absolute Gasteiger partial charge is 0.159 e. The summed E-state index contributed by atoms with van der Waals surface area (Å²) in [5.41, 5.74) is 11.3. The normalized spacial score (nSPS) is 22.2. The van der Waals surface area contributed by atoms with Crippen LogP contribution >= 0.6 is 0 Å². The van der Waals surface area contributed by atoms with Crippen molar-refractivity contribution >= 4 is 11.7 Å². The van der Waals surface area contributed by atoms with E-state index in [1.807, 2.05) is 24.4 Å². The van der Waals surface area contributed by atoms with Gasteiger partial charge in [0.1, 0.15) is 23.9 Å². The van der Waals surface area contributed by atoms with Crippen molar-refractivity contribution in [3.05, 3.63) is 179 Å². The van der Waals surface area contributed by atoms with E-state index in [1.54, 1.807) is 0 Å². The van der Waals surface area contributed by atoms with Crippen LogP contribution in [0.2, 0.25) is 0 Å². The Morgan fingerprint density at radius 3 is 2.18 bits per heavy atom. The van der Waals surface area contributed by atoms with Gasteiger partial charge in [-0.2, -0.15) is 0 Å². The van der Waals surface area contributed by atoms with Crippen molar-refractivity contribution in [1.82, 2.24) is 10.3 Å². The minimum Gasteiger partial charge on any atom is -0.489 e. The average Bonchev–Trinajstić information content (AvgIpc) is 3.49. The van der Waals surface area contributed by atoms with Gasteiger partial charge in [0.2, 0.25) is 0 Å². The van der Waals surface area contributed by atoms with Crippen LogP contribution in [0.3, 0.4) is 0 Å². The van der Waals surface area contributed by atoms with Gasteiger partial charge < -0.3 is 10.1 Å². The summed E-state index contributed by atoms with van der Waals surface area (Å²) in [6.45, 7) is 0.